The van der Waals surface area contributed by atoms with E-state index in [1.807, 2.05) is 0 Å². The Morgan fingerprint density at radius 2 is 1.67 bits per heavy atom. The zero-order valence-electron chi connectivity index (χ0n) is 4.30. The highest BCUT2D eigenvalue weighted by atomic mass is 16.3. The van der Waals surface area contributed by atoms with Gasteiger partial charge in [0, 0.05) is 0 Å². The molecule has 0 N–H and O–H groups in total. The van der Waals surface area contributed by atoms with Crippen LogP contribution in [-0.4, -0.2) is 31.0 Å². The molecule has 0 aliphatic heterocycles. The number of hydrogen-bond acceptors (Lipinski definition) is 1. The normalized spacial score (nSPS) is 7.83. The molecule has 3 nitrogen and oxygen atoms in total. The van der Waals surface area contributed by atoms with Crippen LogP contribution in [0.1, 0.15) is 0 Å². The molecule has 0 aromatic carbocycles. The average Bonchev–Trinajstić information content (AvgIpc) is 1.36. The van der Waals surface area contributed by atoms with E-state index < -0.39 is 0 Å². The van der Waals surface area contributed by atoms with Gasteiger partial charge in [-0.1, -0.05) is 0 Å². The van der Waals surface area contributed by atoms with Crippen molar-refractivity contribution in [2.45, 2.75) is 0 Å². The van der Waals surface area contributed by atoms with Crippen LogP contribution in [-0.2, 0) is 0 Å². The Bertz CT molecular complexity index is 59.8. The molecule has 0 bridgehead atoms. The molecule has 0 rings (SSSR count). The van der Waals surface area contributed by atoms with Crippen LogP contribution in [0.5, 0.6) is 0 Å². The van der Waals surface area contributed by atoms with Crippen LogP contribution in [0, 0.1) is 4.91 Å². The fourth-order valence-corrected chi connectivity index (χ4v) is 0. The number of hydrazine groups is 1. The summed E-state index contributed by atoms with van der Waals surface area (Å²) >= 11 is 0. The minimum atomic E-state index is 0.750. The Morgan fingerprint density at radius 1 is 1.50 bits per heavy atom. The SMILES string of the molecule is CN(C)[N+](C)=O. The third kappa shape index (κ3) is 1.69. The number of nitrogens with zero attached hydrogens (tertiary/aromatic N) is 2. The van der Waals surface area contributed by atoms with Crippen LogP contribution in [0.2, 0.25) is 0 Å². The molecule has 0 fully saturated rings. The lowest BCUT2D eigenvalue weighted by atomic mass is 11.1. The van der Waals surface area contributed by atoms with Crippen molar-refractivity contribution in [3.63, 3.8) is 0 Å². The first-order valence-electron chi connectivity index (χ1n) is 1.72. The first kappa shape index (κ1) is 5.40. The topological polar surface area (TPSA) is 23.3 Å². The minimum absolute atomic E-state index is 0.750. The van der Waals surface area contributed by atoms with Gasteiger partial charge >= 0.3 is 0 Å². The maximum Gasteiger partial charge on any atom is 0.216 e. The van der Waals surface area contributed by atoms with Crippen LogP contribution in [0.15, 0.2) is 0 Å². The summed E-state index contributed by atoms with van der Waals surface area (Å²) in [6.07, 6.45) is 0. The summed E-state index contributed by atoms with van der Waals surface area (Å²) in [6.45, 7) is 0. The number of rotatable bonds is 1. The Kier molecular flexibility index (Phi) is 1.57. The van der Waals surface area contributed by atoms with Gasteiger partial charge in [-0.05, 0) is 0 Å². The first-order chi connectivity index (χ1) is 2.64. The fourth-order valence-electron chi connectivity index (χ4n) is 0. The van der Waals surface area contributed by atoms with Crippen molar-refractivity contribution in [2.75, 3.05) is 21.1 Å². The summed E-state index contributed by atoms with van der Waals surface area (Å²) in [5, 5.41) is 1.44. The van der Waals surface area contributed by atoms with Gasteiger partial charge in [0.25, 0.3) is 0 Å². The molecule has 0 aromatic heterocycles. The van der Waals surface area contributed by atoms with Crippen LogP contribution < -0.4 is 0 Å². The molecular formula is C3H9N2O+. The van der Waals surface area contributed by atoms with E-state index in [1.165, 1.54) is 12.1 Å². The molecule has 36 valence electrons. The highest BCUT2D eigenvalue weighted by Gasteiger charge is 1.94. The molecule has 0 amide bonds. The van der Waals surface area contributed by atoms with E-state index in [4.69, 9.17) is 0 Å². The predicted octanol–water partition coefficient (Wildman–Crippen LogP) is -0.128. The van der Waals surface area contributed by atoms with E-state index in [9.17, 15) is 4.91 Å². The van der Waals surface area contributed by atoms with Crippen molar-refractivity contribution in [3.8, 4) is 0 Å². The van der Waals surface area contributed by atoms with Gasteiger partial charge in [0.15, 0.2) is 0 Å². The van der Waals surface area contributed by atoms with Crippen molar-refractivity contribution >= 4 is 0 Å². The van der Waals surface area contributed by atoms with E-state index >= 15 is 0 Å². The summed E-state index contributed by atoms with van der Waals surface area (Å²) in [6, 6.07) is 0. The van der Waals surface area contributed by atoms with Crippen LogP contribution in [0.4, 0.5) is 0 Å². The Morgan fingerprint density at radius 3 is 1.67 bits per heavy atom. The minimum Gasteiger partial charge on any atom is -0.147 e. The standard InChI is InChI=1S/C3H9N2O/c1-4(2)5(3)6/h1-3H3/q+1. The summed E-state index contributed by atoms with van der Waals surface area (Å²) in [7, 11) is 4.82. The van der Waals surface area contributed by atoms with Crippen LogP contribution in [0.3, 0.4) is 0 Å². The van der Waals surface area contributed by atoms with E-state index in [2.05, 4.69) is 0 Å². The second-order valence-electron chi connectivity index (χ2n) is 1.31. The molecule has 0 aliphatic rings. The van der Waals surface area contributed by atoms with Crippen molar-refractivity contribution in [1.29, 1.82) is 0 Å². The van der Waals surface area contributed by atoms with Gasteiger partial charge in [-0.15, -0.1) is 5.01 Å². The molecule has 0 radical (unpaired) electrons. The van der Waals surface area contributed by atoms with Crippen molar-refractivity contribution in [1.82, 2.24) is 5.01 Å². The highest BCUT2D eigenvalue weighted by Crippen LogP contribution is 1.65. The summed E-state index contributed by atoms with van der Waals surface area (Å²) in [5.41, 5.74) is 0. The summed E-state index contributed by atoms with van der Waals surface area (Å²) in [4.78, 5) is 10.7. The van der Waals surface area contributed by atoms with Gasteiger partial charge in [0.1, 0.15) is 4.87 Å². The lowest BCUT2D eigenvalue weighted by Crippen LogP contribution is -2.20. The lowest BCUT2D eigenvalue weighted by molar-refractivity contribution is -0.673. The largest absolute Gasteiger partial charge is 0.216 e. The van der Waals surface area contributed by atoms with Gasteiger partial charge in [-0.2, -0.15) is 0 Å². The second kappa shape index (κ2) is 1.74. The zero-order chi connectivity index (χ0) is 5.15. The zero-order valence-corrected chi connectivity index (χ0v) is 4.30. The Labute approximate surface area is 37.1 Å². The van der Waals surface area contributed by atoms with Crippen molar-refractivity contribution in [2.24, 2.45) is 0 Å². The average molecular weight is 89.1 g/mol. The van der Waals surface area contributed by atoms with Gasteiger partial charge in [0.05, 0.1) is 19.0 Å². The van der Waals surface area contributed by atoms with E-state index in [1.54, 1.807) is 14.1 Å². The Balaban J connectivity index is 3.26. The maximum absolute atomic E-state index is 9.99. The van der Waals surface area contributed by atoms with Gasteiger partial charge < -0.3 is 0 Å². The molecule has 0 atom stereocenters. The van der Waals surface area contributed by atoms with Crippen LogP contribution >= 0.6 is 0 Å². The van der Waals surface area contributed by atoms with Crippen LogP contribution in [0.25, 0.3) is 0 Å². The number of nitroso groups, excluding NO2 is 1. The lowest BCUT2D eigenvalue weighted by Gasteiger charge is -1.92. The van der Waals surface area contributed by atoms with Crippen molar-refractivity contribution < 1.29 is 4.87 Å². The molecule has 6 heavy (non-hydrogen) atoms. The third-order valence-corrected chi connectivity index (χ3v) is 0.563. The monoisotopic (exact) mass is 89.1 g/mol. The smallest absolute Gasteiger partial charge is 0.147 e. The van der Waals surface area contributed by atoms with E-state index in [0.717, 1.165) is 4.87 Å². The first-order valence-corrected chi connectivity index (χ1v) is 1.72. The van der Waals surface area contributed by atoms with E-state index in [0.29, 0.717) is 0 Å². The molecular weight excluding hydrogens is 80.0 g/mol. The molecule has 0 spiro atoms. The van der Waals surface area contributed by atoms with Crippen molar-refractivity contribution in [3.05, 3.63) is 4.91 Å². The molecule has 0 heterocycles. The molecule has 0 unspecified atom stereocenters. The maximum atomic E-state index is 9.99. The quantitative estimate of drug-likeness (QED) is 0.330. The molecule has 0 aliphatic carbocycles. The highest BCUT2D eigenvalue weighted by molar-refractivity contribution is 3.97. The third-order valence-electron chi connectivity index (χ3n) is 0.563. The second-order valence-corrected chi connectivity index (χ2v) is 1.31. The summed E-state index contributed by atoms with van der Waals surface area (Å²) in [5.74, 6) is 0. The molecule has 0 saturated heterocycles. The number of hydrogen-bond donors (Lipinski definition) is 0. The predicted molar refractivity (Wildman–Crippen MR) is 23.2 cm³/mol. The summed E-state index contributed by atoms with van der Waals surface area (Å²) < 4.78 is 0. The van der Waals surface area contributed by atoms with E-state index in [-0.39, 0.29) is 0 Å². The fraction of sp³-hybridized carbons (Fsp3) is 1.00. The molecule has 0 saturated carbocycles. The van der Waals surface area contributed by atoms with Gasteiger partial charge in [0.2, 0.25) is 7.05 Å². The van der Waals surface area contributed by atoms with Gasteiger partial charge in [-0.25, -0.2) is 0 Å². The molecule has 3 heteroatoms. The molecule has 0 aromatic rings. The van der Waals surface area contributed by atoms with Gasteiger partial charge in [-0.3, -0.25) is 0 Å². The Hall–Kier alpha value is -0.600.